The summed E-state index contributed by atoms with van der Waals surface area (Å²) in [5, 5.41) is 10.6. The van der Waals surface area contributed by atoms with Gasteiger partial charge in [0.15, 0.2) is 17.3 Å². The summed E-state index contributed by atoms with van der Waals surface area (Å²) in [6, 6.07) is 3.22. The molecule has 0 fully saturated rings. The van der Waals surface area contributed by atoms with Gasteiger partial charge in [0, 0.05) is 51.3 Å². The third-order valence-corrected chi connectivity index (χ3v) is 6.33. The first kappa shape index (κ1) is 25.1. The Labute approximate surface area is 195 Å². The summed E-state index contributed by atoms with van der Waals surface area (Å²) in [6.07, 6.45) is 3.14. The Kier molecular flexibility index (Phi) is 8.02. The molecule has 0 amide bonds. The second-order valence-electron chi connectivity index (χ2n) is 9.21. The molecule has 0 bridgehead atoms. The minimum Gasteiger partial charge on any atom is -0.504 e. The van der Waals surface area contributed by atoms with E-state index in [2.05, 4.69) is 18.7 Å². The number of methoxy groups -OCH3 is 2. The van der Waals surface area contributed by atoms with Crippen LogP contribution >= 0.6 is 0 Å². The Morgan fingerprint density at radius 2 is 1.94 bits per heavy atom. The number of hydrogen-bond acceptors (Lipinski definition) is 8. The largest absolute Gasteiger partial charge is 0.504 e. The number of aromatic hydroxyl groups is 1. The molecule has 0 aromatic heterocycles. The minimum atomic E-state index is -0.599. The molecule has 0 aliphatic carbocycles. The molecular weight excluding hydrogens is 426 g/mol. The zero-order valence-electron chi connectivity index (χ0n) is 20.2. The number of phenolic OH excluding ortho intramolecular Hbond substituents is 1. The van der Waals surface area contributed by atoms with Gasteiger partial charge in [-0.2, -0.15) is 0 Å². The van der Waals surface area contributed by atoms with Crippen molar-refractivity contribution in [2.45, 2.75) is 52.1 Å². The lowest BCUT2D eigenvalue weighted by Gasteiger charge is -2.50. The molecule has 2 atom stereocenters. The van der Waals surface area contributed by atoms with Crippen molar-refractivity contribution < 1.29 is 33.6 Å². The molecule has 0 saturated carbocycles. The number of ketones is 1. The van der Waals surface area contributed by atoms with Gasteiger partial charge < -0.3 is 29.0 Å². The SMILES string of the molecule is CCOC(=O)C1=CN2C(CC1=O)c1cc(O)c(OCCCOC)cc1CC2C(C)(C)COC. The molecule has 8 heteroatoms. The summed E-state index contributed by atoms with van der Waals surface area (Å²) in [5.41, 5.74) is 1.68. The zero-order chi connectivity index (χ0) is 24.2. The van der Waals surface area contributed by atoms with Crippen LogP contribution in [0.4, 0.5) is 0 Å². The van der Waals surface area contributed by atoms with Crippen LogP contribution in [0, 0.1) is 5.41 Å². The molecule has 0 spiro atoms. The number of phenols is 1. The molecule has 1 aromatic carbocycles. The highest BCUT2D eigenvalue weighted by Gasteiger charge is 2.45. The number of ether oxygens (including phenoxy) is 4. The third kappa shape index (κ3) is 5.33. The van der Waals surface area contributed by atoms with Crippen molar-refractivity contribution in [1.29, 1.82) is 0 Å². The number of fused-ring (bicyclic) bond motifs is 3. The molecule has 2 unspecified atom stereocenters. The van der Waals surface area contributed by atoms with Crippen molar-refractivity contribution in [1.82, 2.24) is 4.90 Å². The van der Waals surface area contributed by atoms with Gasteiger partial charge in [-0.3, -0.25) is 4.79 Å². The van der Waals surface area contributed by atoms with E-state index in [0.717, 1.165) is 11.1 Å². The van der Waals surface area contributed by atoms with Crippen molar-refractivity contribution >= 4 is 11.8 Å². The second-order valence-corrected chi connectivity index (χ2v) is 9.21. The van der Waals surface area contributed by atoms with Crippen LogP contribution in [0.3, 0.4) is 0 Å². The van der Waals surface area contributed by atoms with E-state index in [1.54, 1.807) is 33.4 Å². The number of carbonyl (C=O) groups excluding carboxylic acids is 2. The van der Waals surface area contributed by atoms with Crippen molar-refractivity contribution in [2.24, 2.45) is 5.41 Å². The van der Waals surface area contributed by atoms with Crippen LogP contribution in [0.1, 0.15) is 50.8 Å². The number of Topliss-reactive ketones (excluding diaryl/α,β-unsaturated/α-hetero) is 1. The van der Waals surface area contributed by atoms with Gasteiger partial charge in [-0.1, -0.05) is 13.8 Å². The average molecular weight is 462 g/mol. The summed E-state index contributed by atoms with van der Waals surface area (Å²) in [7, 11) is 3.30. The average Bonchev–Trinajstić information content (AvgIpc) is 2.76. The number of rotatable bonds is 10. The van der Waals surface area contributed by atoms with Crippen molar-refractivity contribution in [3.05, 3.63) is 35.0 Å². The number of nitrogens with zero attached hydrogens (tertiary/aromatic N) is 1. The van der Waals surface area contributed by atoms with Crippen LogP contribution in [0.2, 0.25) is 0 Å². The van der Waals surface area contributed by atoms with E-state index in [-0.39, 0.29) is 47.6 Å². The Morgan fingerprint density at radius 1 is 1.18 bits per heavy atom. The summed E-state index contributed by atoms with van der Waals surface area (Å²) in [4.78, 5) is 27.4. The van der Waals surface area contributed by atoms with Crippen LogP contribution in [0.25, 0.3) is 0 Å². The fraction of sp³-hybridized carbons (Fsp3) is 0.600. The maximum absolute atomic E-state index is 12.9. The fourth-order valence-corrected chi connectivity index (χ4v) is 4.73. The number of hydrogen-bond donors (Lipinski definition) is 1. The Hall–Kier alpha value is -2.58. The highest BCUT2D eigenvalue weighted by Crippen LogP contribution is 2.47. The van der Waals surface area contributed by atoms with E-state index in [1.807, 2.05) is 6.07 Å². The first-order valence-corrected chi connectivity index (χ1v) is 11.4. The van der Waals surface area contributed by atoms with E-state index in [1.165, 1.54) is 0 Å². The van der Waals surface area contributed by atoms with Crippen LogP contribution in [0.15, 0.2) is 23.9 Å². The van der Waals surface area contributed by atoms with E-state index >= 15 is 0 Å². The minimum absolute atomic E-state index is 0.0355. The molecule has 182 valence electrons. The fourth-order valence-electron chi connectivity index (χ4n) is 4.73. The maximum atomic E-state index is 12.9. The Bertz CT molecular complexity index is 908. The number of esters is 1. The molecule has 8 nitrogen and oxygen atoms in total. The molecule has 1 aromatic rings. The zero-order valence-corrected chi connectivity index (χ0v) is 20.2. The first-order chi connectivity index (χ1) is 15.7. The standard InChI is InChI=1S/C25H35NO7/c1-6-32-24(29)18-14-26-19(13-20(18)27)17-12-21(28)22(33-9-7-8-30-4)10-16(17)11-23(26)25(2,3)15-31-5/h10,12,14,19,23,28H,6-9,11,13,15H2,1-5H3. The molecule has 0 radical (unpaired) electrons. The van der Waals surface area contributed by atoms with Gasteiger partial charge in [0.05, 0.1) is 25.9 Å². The molecule has 1 N–H and O–H groups in total. The number of benzene rings is 1. The quantitative estimate of drug-likeness (QED) is 0.323. The van der Waals surface area contributed by atoms with Crippen molar-refractivity contribution in [3.8, 4) is 11.5 Å². The smallest absolute Gasteiger partial charge is 0.343 e. The van der Waals surface area contributed by atoms with Gasteiger partial charge in [0.25, 0.3) is 0 Å². The third-order valence-electron chi connectivity index (χ3n) is 6.33. The van der Waals surface area contributed by atoms with Gasteiger partial charge in [0.2, 0.25) is 0 Å². The molecule has 2 aliphatic heterocycles. The lowest BCUT2D eigenvalue weighted by Crippen LogP contribution is -2.52. The predicted molar refractivity (Wildman–Crippen MR) is 122 cm³/mol. The van der Waals surface area contributed by atoms with E-state index < -0.39 is 5.97 Å². The Morgan fingerprint density at radius 3 is 2.61 bits per heavy atom. The lowest BCUT2D eigenvalue weighted by atomic mass is 9.73. The molecule has 0 saturated heterocycles. The monoisotopic (exact) mass is 461 g/mol. The maximum Gasteiger partial charge on any atom is 0.343 e. The van der Waals surface area contributed by atoms with Crippen molar-refractivity contribution in [3.63, 3.8) is 0 Å². The van der Waals surface area contributed by atoms with E-state index in [0.29, 0.717) is 38.4 Å². The first-order valence-electron chi connectivity index (χ1n) is 11.4. The molecule has 2 heterocycles. The van der Waals surface area contributed by atoms with Gasteiger partial charge in [-0.15, -0.1) is 0 Å². The normalized spacial score (nSPS) is 20.1. The summed E-state index contributed by atoms with van der Waals surface area (Å²) in [6.45, 7) is 7.65. The molecule has 2 aliphatic rings. The molecule has 33 heavy (non-hydrogen) atoms. The predicted octanol–water partition coefficient (Wildman–Crippen LogP) is 3.17. The van der Waals surface area contributed by atoms with Crippen LogP contribution in [-0.2, 0) is 30.2 Å². The van der Waals surface area contributed by atoms with Gasteiger partial charge in [0.1, 0.15) is 5.57 Å². The van der Waals surface area contributed by atoms with Crippen LogP contribution < -0.4 is 4.74 Å². The topological polar surface area (TPSA) is 94.5 Å². The summed E-state index contributed by atoms with van der Waals surface area (Å²) < 4.78 is 21.5. The van der Waals surface area contributed by atoms with Crippen LogP contribution in [0.5, 0.6) is 11.5 Å². The van der Waals surface area contributed by atoms with Gasteiger partial charge in [-0.05, 0) is 36.6 Å². The van der Waals surface area contributed by atoms with Crippen LogP contribution in [-0.4, -0.2) is 68.4 Å². The summed E-state index contributed by atoms with van der Waals surface area (Å²) in [5.74, 6) is -0.400. The van der Waals surface area contributed by atoms with E-state index in [9.17, 15) is 14.7 Å². The van der Waals surface area contributed by atoms with E-state index in [4.69, 9.17) is 18.9 Å². The van der Waals surface area contributed by atoms with Crippen molar-refractivity contribution in [2.75, 3.05) is 40.6 Å². The van der Waals surface area contributed by atoms with Gasteiger partial charge in [-0.25, -0.2) is 4.79 Å². The van der Waals surface area contributed by atoms with Gasteiger partial charge >= 0.3 is 5.97 Å². The second kappa shape index (κ2) is 10.6. The summed E-state index contributed by atoms with van der Waals surface area (Å²) >= 11 is 0. The highest BCUT2D eigenvalue weighted by atomic mass is 16.5. The molecule has 3 rings (SSSR count). The molecular formula is C25H35NO7. The Balaban J connectivity index is 2.02. The number of carbonyl (C=O) groups is 2. The highest BCUT2D eigenvalue weighted by molar-refractivity contribution is 6.17. The lowest BCUT2D eigenvalue weighted by molar-refractivity contribution is -0.141.